The predicted octanol–water partition coefficient (Wildman–Crippen LogP) is 14.4. The van der Waals surface area contributed by atoms with Crippen molar-refractivity contribution < 1.29 is 29.2 Å². The molecule has 0 spiro atoms. The number of piperidine rings is 2. The number of nitrogens with zero attached hydrogens (tertiary/aromatic N) is 13. The molecule has 19 rings (SSSR count). The minimum atomic E-state index is -3.12. The molecule has 3 atom stereocenters. The van der Waals surface area contributed by atoms with Crippen molar-refractivity contribution in [2.75, 3.05) is 127 Å². The maximum absolute atomic E-state index is 14.4. The molecule has 38 heteroatoms. The molecule has 23 N–H and O–H groups in total. The van der Waals surface area contributed by atoms with Crippen molar-refractivity contribution in [1.29, 1.82) is 0 Å². The summed E-state index contributed by atoms with van der Waals surface area (Å²) in [5.41, 5.74) is 42.0. The molecule has 0 radical (unpaired) electrons. The van der Waals surface area contributed by atoms with Crippen LogP contribution in [0.5, 0.6) is 0 Å². The van der Waals surface area contributed by atoms with Gasteiger partial charge in [0.1, 0.15) is 34.8 Å². The second-order valence-corrected chi connectivity index (χ2v) is 36.3. The van der Waals surface area contributed by atoms with Crippen LogP contribution in [0.15, 0.2) is 145 Å². The van der Waals surface area contributed by atoms with Gasteiger partial charge in [-0.2, -0.15) is 29.2 Å². The van der Waals surface area contributed by atoms with Crippen LogP contribution in [0.2, 0.25) is 0 Å². The van der Waals surface area contributed by atoms with Crippen LogP contribution in [-0.2, 0) is 5.92 Å². The van der Waals surface area contributed by atoms with E-state index in [1.807, 2.05) is 99.8 Å². The number of aromatic nitrogens is 14. The van der Waals surface area contributed by atoms with E-state index in [1.165, 1.54) is 40.1 Å². The zero-order chi connectivity index (χ0) is 85.1. The second-order valence-electron chi connectivity index (χ2n) is 31.0. The second kappa shape index (κ2) is 38.3. The summed E-state index contributed by atoms with van der Waals surface area (Å²) in [5.74, 6) is -0.847. The summed E-state index contributed by atoms with van der Waals surface area (Å²) in [4.78, 5) is 40.2. The van der Waals surface area contributed by atoms with Gasteiger partial charge < -0.3 is 85.5 Å². The van der Waals surface area contributed by atoms with Gasteiger partial charge in [0.25, 0.3) is 0 Å². The van der Waals surface area contributed by atoms with E-state index in [0.29, 0.717) is 34.5 Å². The Bertz CT molecular complexity index is 6010. The van der Waals surface area contributed by atoms with Crippen LogP contribution in [0, 0.1) is 0 Å². The summed E-state index contributed by atoms with van der Waals surface area (Å²) in [7, 11) is 0. The predicted molar refractivity (Wildman–Crippen MR) is 495 cm³/mol. The number of pyridine rings is 6. The lowest BCUT2D eigenvalue weighted by atomic mass is 9.94. The van der Waals surface area contributed by atoms with Crippen LogP contribution in [0.1, 0.15) is 89.1 Å². The molecular weight excluding hydrogens is 1650 g/mol. The first-order chi connectivity index (χ1) is 58.9. The van der Waals surface area contributed by atoms with Gasteiger partial charge in [0.05, 0.1) is 165 Å². The molecule has 15 aromatic rings. The van der Waals surface area contributed by atoms with Crippen molar-refractivity contribution in [3.8, 4) is 42.3 Å². The number of allylic oxidation sites excluding steroid dienone is 1. The van der Waals surface area contributed by atoms with Gasteiger partial charge >= 0.3 is 5.92 Å². The van der Waals surface area contributed by atoms with Crippen molar-refractivity contribution in [3.05, 3.63) is 151 Å². The van der Waals surface area contributed by atoms with Crippen LogP contribution in [0.25, 0.3) is 98.9 Å². The van der Waals surface area contributed by atoms with E-state index in [4.69, 9.17) is 28.7 Å². The number of fused-ring (bicyclic) bond motifs is 5. The lowest BCUT2D eigenvalue weighted by molar-refractivity contribution is -0.00538. The summed E-state index contributed by atoms with van der Waals surface area (Å²) in [5, 5.41) is 83.9. The number of hydrogen-bond acceptors (Lipinski definition) is 32. The van der Waals surface area contributed by atoms with Crippen LogP contribution < -0.4 is 55.3 Å². The highest BCUT2D eigenvalue weighted by atomic mass is 32.1. The van der Waals surface area contributed by atoms with Gasteiger partial charge in [-0.25, -0.2) is 24.9 Å². The molecule has 1 aliphatic carbocycles. The van der Waals surface area contributed by atoms with Gasteiger partial charge in [0.15, 0.2) is 0 Å². The first-order valence-corrected chi connectivity index (χ1v) is 44.4. The number of H-pyrrole nitrogens is 4. The number of anilines is 10. The number of thiophene rings is 5. The highest BCUT2D eigenvalue weighted by molar-refractivity contribution is 7.24. The third-order valence-electron chi connectivity index (χ3n) is 21.5. The number of halogens is 2. The van der Waals surface area contributed by atoms with E-state index in [0.717, 1.165) is 227 Å². The molecule has 122 heavy (non-hydrogen) atoms. The SMILES string of the molecule is CC1(O)CCN(CCCNc2cc(N)nc3cc(-c4ccn[nH]4)sc23)CC1.CC1(O)CCN(CCNc2cc(N)nc3cc(-c4ccn[nH]4)sc23)CC1.CC[C@H](CO)Nc1cc(N)nc2cc(-c3ccn[nH]3)sc12.Nc1cc(NCC(F)(F)c2ccccn2)c2sc(-c3ccn[nH]3)cc2n1.Nc1cc(N[C@@H]2CCC[C@@H]2O)c2sc(C3=CC=NC3)cc2n1. The smallest absolute Gasteiger partial charge is 0.306 e. The molecule has 0 unspecified atom stereocenters. The molecule has 2 saturated heterocycles. The first-order valence-electron chi connectivity index (χ1n) is 40.4. The highest BCUT2D eigenvalue weighted by Crippen LogP contribution is 2.44. The van der Waals surface area contributed by atoms with Gasteiger partial charge in [-0.1, -0.05) is 13.0 Å². The number of nitrogens with two attached hydrogens (primary N) is 5. The number of nitrogens with one attached hydrogen (secondary N) is 9. The molecule has 638 valence electrons. The van der Waals surface area contributed by atoms with Crippen molar-refractivity contribution >= 4 is 177 Å². The van der Waals surface area contributed by atoms with Crippen molar-refractivity contribution in [2.24, 2.45) is 4.99 Å². The Morgan fingerprint density at radius 3 is 1.35 bits per heavy atom. The lowest BCUT2D eigenvalue weighted by Gasteiger charge is -2.35. The van der Waals surface area contributed by atoms with Crippen LogP contribution in [0.3, 0.4) is 0 Å². The monoisotopic (exact) mass is 1750 g/mol. The molecule has 0 bridgehead atoms. The Morgan fingerprint density at radius 1 is 0.525 bits per heavy atom. The van der Waals surface area contributed by atoms with E-state index in [9.17, 15) is 29.2 Å². The number of nitrogen functional groups attached to an aromatic ring is 5. The van der Waals surface area contributed by atoms with Crippen LogP contribution in [0.4, 0.5) is 66.3 Å². The van der Waals surface area contributed by atoms with E-state index in [1.54, 1.807) is 82.3 Å². The van der Waals surface area contributed by atoms with Gasteiger partial charge in [0, 0.05) is 124 Å². The van der Waals surface area contributed by atoms with Gasteiger partial charge in [-0.05, 0) is 157 Å². The molecule has 4 aliphatic rings. The average Bonchev–Trinajstić information content (AvgIpc) is 1.65. The number of aliphatic hydroxyl groups excluding tert-OH is 2. The largest absolute Gasteiger partial charge is 0.394 e. The number of aromatic amines is 4. The summed E-state index contributed by atoms with van der Waals surface area (Å²) in [6.45, 7) is 13.6. The topological polar surface area (TPSA) is 482 Å². The number of hydrogen-bond donors (Lipinski definition) is 18. The Morgan fingerprint density at radius 2 is 0.943 bits per heavy atom. The normalized spacial score (nSPS) is 16.6. The first kappa shape index (κ1) is 85.5. The molecule has 18 heterocycles. The van der Waals surface area contributed by atoms with E-state index in [2.05, 4.69) is 124 Å². The Labute approximate surface area is 721 Å². The highest BCUT2D eigenvalue weighted by Gasteiger charge is 2.34. The maximum Gasteiger partial charge on any atom is 0.306 e. The Hall–Kier alpha value is -11.4. The summed E-state index contributed by atoms with van der Waals surface area (Å²) < 4.78 is 33.9. The van der Waals surface area contributed by atoms with E-state index < -0.39 is 23.7 Å². The molecule has 3 fully saturated rings. The zero-order valence-electron chi connectivity index (χ0n) is 67.5. The van der Waals surface area contributed by atoms with Gasteiger partial charge in [-0.15, -0.1) is 56.7 Å². The number of aliphatic hydroxyl groups is 4. The molecule has 3 aliphatic heterocycles. The third kappa shape index (κ3) is 21.4. The maximum atomic E-state index is 14.4. The fourth-order valence-electron chi connectivity index (χ4n) is 14.7. The van der Waals surface area contributed by atoms with Crippen LogP contribution in [-0.4, -0.2) is 209 Å². The minimum Gasteiger partial charge on any atom is -0.394 e. The van der Waals surface area contributed by atoms with Crippen LogP contribution >= 0.6 is 56.7 Å². The minimum absolute atomic E-state index is 0.00713. The van der Waals surface area contributed by atoms with Gasteiger partial charge in [-0.3, -0.25) is 30.4 Å². The molecule has 15 aromatic heterocycles. The molecule has 31 nitrogen and oxygen atoms in total. The molecule has 0 amide bonds. The number of rotatable bonds is 24. The standard InChI is InChI=1S/C19H26N6OS.C18H24N6OS.C17H14F2N6S.C16H18N4OS.C14H17N5OS/c1-19(26)4-9-25(10-5-19)8-2-6-21-14-12-17(20)23-15-11-16(27-18(14)15)13-3-7-22-24-13;1-18(25)3-7-24(8-4-18)9-6-20-13-11-16(19)22-14-10-15(26-17(13)14)12-2-5-21-23-12;18-17(19,14-3-1-2-5-21-14)9-22-11-8-15(20)24-12-7-13(26-16(11)12)10-4-6-23-25-10;17-15-7-12(19-10-2-1-3-13(10)21)16-11(20-15)6-14(22-16)9-4-5-18-8-9;1-2-8(7-20)17-11-6-13(15)18-10-5-12(21-14(10)11)9-3-4-16-19-9/h3,7,11-12,26H,2,4-6,8-10H2,1H3,(H,22,24)(H3,20,21,23);2,5,10-11,25H,3-4,6-9H2,1H3,(H,21,23)(H3,19,20,22);1-8H,9H2,(H,23,25)(H3,20,22,24);4-7,10,13,21H,1-3,8H2,(H3,17,19,20);3-6,8,20H,2,7H2,1H3,(H,16,19)(H3,15,17,18)/t;;;10-,13+;8-/m...11/s1. The quantitative estimate of drug-likeness (QED) is 0.0250. The summed E-state index contributed by atoms with van der Waals surface area (Å²) in [6, 6.07) is 31.3. The Kier molecular flexibility index (Phi) is 26.9. The summed E-state index contributed by atoms with van der Waals surface area (Å²) >= 11 is 8.11. The Balaban J connectivity index is 0.000000119. The van der Waals surface area contributed by atoms with E-state index in [-0.39, 0.29) is 36.3 Å². The fraction of sp³-hybridized carbons (Fsp3) is 0.345. The van der Waals surface area contributed by atoms with Crippen molar-refractivity contribution in [2.45, 2.75) is 114 Å². The fourth-order valence-corrected chi connectivity index (χ4v) is 20.0. The zero-order valence-corrected chi connectivity index (χ0v) is 71.6. The number of alkyl halides is 2. The molecule has 1 saturated carbocycles. The summed E-state index contributed by atoms with van der Waals surface area (Å²) in [6.07, 6.45) is 20.0. The average molecular weight is 1750 g/mol. The van der Waals surface area contributed by atoms with E-state index >= 15 is 0 Å². The van der Waals surface area contributed by atoms with Crippen molar-refractivity contribution in [3.63, 3.8) is 0 Å². The molecular formula is C84H99F2N27O4S5. The number of likely N-dealkylation sites (tertiary alicyclic amines) is 2. The van der Waals surface area contributed by atoms with Gasteiger partial charge in [0.2, 0.25) is 0 Å². The third-order valence-corrected chi connectivity index (χ3v) is 27.5. The molecule has 0 aromatic carbocycles. The van der Waals surface area contributed by atoms with Crippen molar-refractivity contribution in [1.82, 2.24) is 80.5 Å². The lowest BCUT2D eigenvalue weighted by Crippen LogP contribution is -2.43. The number of aliphatic imine (C=N–C) groups is 1.